The number of ether oxygens (including phenoxy) is 2. The third kappa shape index (κ3) is 4.37. The van der Waals surface area contributed by atoms with Crippen LogP contribution in [0.2, 0.25) is 0 Å². The van der Waals surface area contributed by atoms with Crippen LogP contribution < -0.4 is 9.47 Å². The lowest BCUT2D eigenvalue weighted by molar-refractivity contribution is -0.137. The Morgan fingerprint density at radius 1 is 1.09 bits per heavy atom. The van der Waals surface area contributed by atoms with Gasteiger partial charge in [-0.1, -0.05) is 0 Å². The summed E-state index contributed by atoms with van der Waals surface area (Å²) in [5, 5.41) is 8.61. The molecule has 1 aromatic rings. The molecular weight excluding hydrogens is 298 g/mol. The Morgan fingerprint density at radius 2 is 1.70 bits per heavy atom. The van der Waals surface area contributed by atoms with Crippen LogP contribution in [0.25, 0.3) is 0 Å². The molecule has 23 heavy (non-hydrogen) atoms. The predicted octanol–water partition coefficient (Wildman–Crippen LogP) is 2.23. The lowest BCUT2D eigenvalue weighted by Crippen LogP contribution is -2.35. The standard InChI is InChI=1S/C17H23NO5/c1-22-14-9-12-7-8-18(11-13(12)10-15(14)23-2)16(19)5-3-4-6-17(20)21/h9-10H,3-8,11H2,1-2H3,(H,20,21). The first-order valence-electron chi connectivity index (χ1n) is 7.78. The van der Waals surface area contributed by atoms with Crippen molar-refractivity contribution in [3.05, 3.63) is 23.3 Å². The molecule has 0 radical (unpaired) electrons. The molecule has 1 N–H and O–H groups in total. The van der Waals surface area contributed by atoms with Crippen LogP contribution in [-0.4, -0.2) is 42.6 Å². The van der Waals surface area contributed by atoms with E-state index in [2.05, 4.69) is 0 Å². The van der Waals surface area contributed by atoms with Gasteiger partial charge in [-0.25, -0.2) is 0 Å². The second kappa shape index (κ2) is 7.85. The maximum Gasteiger partial charge on any atom is 0.303 e. The van der Waals surface area contributed by atoms with E-state index in [1.807, 2.05) is 17.0 Å². The first-order chi connectivity index (χ1) is 11.0. The fraction of sp³-hybridized carbons (Fsp3) is 0.529. The van der Waals surface area contributed by atoms with Crippen LogP contribution in [0.4, 0.5) is 0 Å². The number of carboxylic acid groups (broad SMARTS) is 1. The summed E-state index contributed by atoms with van der Waals surface area (Å²) in [7, 11) is 3.21. The largest absolute Gasteiger partial charge is 0.493 e. The molecule has 0 aliphatic carbocycles. The van der Waals surface area contributed by atoms with Gasteiger partial charge in [0, 0.05) is 25.9 Å². The summed E-state index contributed by atoms with van der Waals surface area (Å²) in [6, 6.07) is 3.90. The van der Waals surface area contributed by atoms with Gasteiger partial charge in [0.2, 0.25) is 5.91 Å². The number of carbonyl (C=O) groups excluding carboxylic acids is 1. The molecule has 1 heterocycles. The number of hydrogen-bond acceptors (Lipinski definition) is 4. The molecule has 0 aromatic heterocycles. The summed E-state index contributed by atoms with van der Waals surface area (Å²) in [6.07, 6.45) is 2.45. The predicted molar refractivity (Wildman–Crippen MR) is 84.8 cm³/mol. The van der Waals surface area contributed by atoms with Gasteiger partial charge in [0.05, 0.1) is 14.2 Å². The van der Waals surface area contributed by atoms with Crippen LogP contribution in [0, 0.1) is 0 Å². The van der Waals surface area contributed by atoms with E-state index in [9.17, 15) is 9.59 Å². The van der Waals surface area contributed by atoms with Crippen LogP contribution in [0.3, 0.4) is 0 Å². The maximum atomic E-state index is 12.3. The fourth-order valence-corrected chi connectivity index (χ4v) is 2.81. The average Bonchev–Trinajstić information content (AvgIpc) is 2.56. The van der Waals surface area contributed by atoms with E-state index in [0.717, 1.165) is 12.0 Å². The number of hydrogen-bond donors (Lipinski definition) is 1. The van der Waals surface area contributed by atoms with Crippen molar-refractivity contribution in [3.63, 3.8) is 0 Å². The van der Waals surface area contributed by atoms with Crippen molar-refractivity contribution < 1.29 is 24.2 Å². The van der Waals surface area contributed by atoms with Crippen molar-refractivity contribution in [2.45, 2.75) is 38.6 Å². The minimum absolute atomic E-state index is 0.0795. The minimum Gasteiger partial charge on any atom is -0.493 e. The summed E-state index contributed by atoms with van der Waals surface area (Å²) >= 11 is 0. The zero-order chi connectivity index (χ0) is 16.8. The first-order valence-corrected chi connectivity index (χ1v) is 7.78. The molecule has 1 aliphatic rings. The molecule has 2 rings (SSSR count). The van der Waals surface area contributed by atoms with Crippen LogP contribution in [0.15, 0.2) is 12.1 Å². The van der Waals surface area contributed by atoms with Crippen LogP contribution in [-0.2, 0) is 22.6 Å². The van der Waals surface area contributed by atoms with E-state index in [-0.39, 0.29) is 12.3 Å². The number of carbonyl (C=O) groups is 2. The van der Waals surface area contributed by atoms with Gasteiger partial charge in [0.15, 0.2) is 11.5 Å². The van der Waals surface area contributed by atoms with Crippen molar-refractivity contribution in [3.8, 4) is 11.5 Å². The highest BCUT2D eigenvalue weighted by atomic mass is 16.5. The van der Waals surface area contributed by atoms with Gasteiger partial charge in [-0.05, 0) is 42.5 Å². The SMILES string of the molecule is COc1cc2c(cc1OC)CN(C(=O)CCCCC(=O)O)CC2. The second-order valence-corrected chi connectivity index (χ2v) is 5.64. The molecule has 0 bridgehead atoms. The normalized spacial score (nSPS) is 13.4. The summed E-state index contributed by atoms with van der Waals surface area (Å²) in [5.74, 6) is 0.642. The number of methoxy groups -OCH3 is 2. The van der Waals surface area contributed by atoms with E-state index in [0.29, 0.717) is 43.9 Å². The van der Waals surface area contributed by atoms with E-state index in [1.54, 1.807) is 14.2 Å². The fourth-order valence-electron chi connectivity index (χ4n) is 2.81. The molecule has 0 unspecified atom stereocenters. The third-order valence-electron chi connectivity index (χ3n) is 4.10. The second-order valence-electron chi connectivity index (χ2n) is 5.64. The lowest BCUT2D eigenvalue weighted by Gasteiger charge is -2.29. The van der Waals surface area contributed by atoms with Crippen molar-refractivity contribution in [2.24, 2.45) is 0 Å². The monoisotopic (exact) mass is 321 g/mol. The summed E-state index contributed by atoms with van der Waals surface area (Å²) in [6.45, 7) is 1.24. The molecule has 0 spiro atoms. The molecule has 126 valence electrons. The Balaban J connectivity index is 1.96. The smallest absolute Gasteiger partial charge is 0.303 e. The molecular formula is C17H23NO5. The number of aliphatic carboxylic acids is 1. The van der Waals surface area contributed by atoms with Gasteiger partial charge in [-0.3, -0.25) is 9.59 Å². The molecule has 1 aromatic carbocycles. The quantitative estimate of drug-likeness (QED) is 0.779. The van der Waals surface area contributed by atoms with Gasteiger partial charge < -0.3 is 19.5 Å². The van der Waals surface area contributed by atoms with Gasteiger partial charge in [-0.15, -0.1) is 0 Å². The van der Waals surface area contributed by atoms with Gasteiger partial charge in [0.1, 0.15) is 0 Å². The highest BCUT2D eigenvalue weighted by Crippen LogP contribution is 2.33. The van der Waals surface area contributed by atoms with E-state index in [1.165, 1.54) is 5.56 Å². The Kier molecular flexibility index (Phi) is 5.84. The Morgan fingerprint density at radius 3 is 2.30 bits per heavy atom. The number of fused-ring (bicyclic) bond motifs is 1. The summed E-state index contributed by atoms with van der Waals surface area (Å²) in [5.41, 5.74) is 2.25. The zero-order valence-electron chi connectivity index (χ0n) is 13.6. The van der Waals surface area contributed by atoms with Crippen LogP contribution in [0.5, 0.6) is 11.5 Å². The molecule has 0 saturated heterocycles. The molecule has 0 fully saturated rings. The Labute approximate surface area is 136 Å². The van der Waals surface area contributed by atoms with Crippen molar-refractivity contribution in [2.75, 3.05) is 20.8 Å². The highest BCUT2D eigenvalue weighted by Gasteiger charge is 2.22. The number of benzene rings is 1. The number of rotatable bonds is 7. The number of nitrogens with zero attached hydrogens (tertiary/aromatic N) is 1. The Bertz CT molecular complexity index is 585. The van der Waals surface area contributed by atoms with Gasteiger partial charge in [0.25, 0.3) is 0 Å². The third-order valence-corrected chi connectivity index (χ3v) is 4.10. The van der Waals surface area contributed by atoms with E-state index < -0.39 is 5.97 Å². The molecule has 1 aliphatic heterocycles. The van der Waals surface area contributed by atoms with E-state index >= 15 is 0 Å². The lowest BCUT2D eigenvalue weighted by atomic mass is 9.98. The van der Waals surface area contributed by atoms with Gasteiger partial charge in [-0.2, -0.15) is 0 Å². The number of carboxylic acids is 1. The van der Waals surface area contributed by atoms with Gasteiger partial charge >= 0.3 is 5.97 Å². The Hall–Kier alpha value is -2.24. The number of unbranched alkanes of at least 4 members (excludes halogenated alkanes) is 1. The molecule has 6 heteroatoms. The molecule has 0 atom stereocenters. The topological polar surface area (TPSA) is 76.1 Å². The maximum absolute atomic E-state index is 12.3. The summed E-state index contributed by atoms with van der Waals surface area (Å²) < 4.78 is 10.6. The van der Waals surface area contributed by atoms with Crippen LogP contribution in [0.1, 0.15) is 36.8 Å². The first kappa shape index (κ1) is 17.1. The number of amides is 1. The molecule has 6 nitrogen and oxygen atoms in total. The van der Waals surface area contributed by atoms with Crippen LogP contribution >= 0.6 is 0 Å². The zero-order valence-corrected chi connectivity index (χ0v) is 13.6. The van der Waals surface area contributed by atoms with Crippen molar-refractivity contribution in [1.82, 2.24) is 4.90 Å². The average molecular weight is 321 g/mol. The van der Waals surface area contributed by atoms with Crippen molar-refractivity contribution >= 4 is 11.9 Å². The highest BCUT2D eigenvalue weighted by molar-refractivity contribution is 5.76. The van der Waals surface area contributed by atoms with E-state index in [4.69, 9.17) is 14.6 Å². The molecule has 0 saturated carbocycles. The molecule has 1 amide bonds. The summed E-state index contributed by atoms with van der Waals surface area (Å²) in [4.78, 5) is 24.6. The minimum atomic E-state index is -0.814. The van der Waals surface area contributed by atoms with Crippen molar-refractivity contribution in [1.29, 1.82) is 0 Å².